The molecule has 0 unspecified atom stereocenters. The first-order chi connectivity index (χ1) is 35.7. The van der Waals surface area contributed by atoms with E-state index in [-0.39, 0.29) is 21.7 Å². The number of aromatic nitrogens is 1. The number of pyridine rings is 1. The van der Waals surface area contributed by atoms with Gasteiger partial charge in [-0.05, 0) is 151 Å². The molecule has 0 N–H and O–H groups in total. The summed E-state index contributed by atoms with van der Waals surface area (Å²) in [4.78, 5) is 15.1. The maximum absolute atomic E-state index is 5.22. The third-order valence-electron chi connectivity index (χ3n) is 15.3. The minimum Gasteiger partial charge on any atom is -0.321 e. The lowest BCUT2D eigenvalue weighted by Crippen LogP contribution is -2.26. The molecule has 5 heteroatoms. The van der Waals surface area contributed by atoms with Crippen molar-refractivity contribution >= 4 is 57.0 Å². The monoisotopic (exact) mass is 982 g/mol. The molecule has 0 radical (unpaired) electrons. The molecule has 0 aliphatic carbocycles. The molecule has 5 nitrogen and oxygen atoms in total. The van der Waals surface area contributed by atoms with Gasteiger partial charge < -0.3 is 14.7 Å². The smallest absolute Gasteiger partial charge is 0.138 e. The van der Waals surface area contributed by atoms with Gasteiger partial charge in [-0.25, -0.2) is 4.98 Å². The molecule has 0 bridgehead atoms. The molecule has 11 rings (SSSR count). The largest absolute Gasteiger partial charge is 0.321 e. The predicted molar refractivity (Wildman–Crippen MR) is 320 cm³/mol. The number of hydrogen-bond acceptors (Lipinski definition) is 5. The van der Waals surface area contributed by atoms with Gasteiger partial charge in [-0.2, -0.15) is 0 Å². The fourth-order valence-corrected chi connectivity index (χ4v) is 10.8. The first-order valence-corrected chi connectivity index (χ1v) is 26.7. The molecule has 1 aromatic heterocycles. The lowest BCUT2D eigenvalue weighted by Gasteiger charge is -2.32. The summed E-state index contributed by atoms with van der Waals surface area (Å²) in [7, 11) is 0. The van der Waals surface area contributed by atoms with Gasteiger partial charge in [-0.1, -0.05) is 192 Å². The number of nitrogens with zero attached hydrogens (tertiary/aromatic N) is 5. The van der Waals surface area contributed by atoms with Gasteiger partial charge in [0, 0.05) is 45.8 Å². The second-order valence-corrected chi connectivity index (χ2v) is 24.7. The van der Waals surface area contributed by atoms with Crippen LogP contribution >= 0.6 is 0 Å². The van der Waals surface area contributed by atoms with Crippen molar-refractivity contribution < 1.29 is 0 Å². The van der Waals surface area contributed by atoms with Gasteiger partial charge in [0.25, 0.3) is 0 Å². The number of hydrogen-bond donors (Lipinski definition) is 0. The zero-order valence-corrected chi connectivity index (χ0v) is 46.0. The fourth-order valence-electron chi connectivity index (χ4n) is 10.8. The van der Waals surface area contributed by atoms with Crippen molar-refractivity contribution in [3.8, 4) is 33.4 Å². The first kappa shape index (κ1) is 49.3. The Morgan fingerprint density at radius 2 is 0.840 bits per heavy atom. The average molecular weight is 982 g/mol. The molecule has 2 aliphatic rings. The van der Waals surface area contributed by atoms with E-state index in [1.807, 2.05) is 6.20 Å². The number of benzene rings is 8. The summed E-state index contributed by atoms with van der Waals surface area (Å²) in [5.41, 5.74) is 22.2. The van der Waals surface area contributed by atoms with Gasteiger partial charge in [0.15, 0.2) is 0 Å². The molecule has 9 aromatic rings. The van der Waals surface area contributed by atoms with Crippen LogP contribution in [0.5, 0.6) is 0 Å². The summed E-state index contributed by atoms with van der Waals surface area (Å²) in [5.74, 6) is 0.856. The minimum atomic E-state index is -0.156. The van der Waals surface area contributed by atoms with Crippen molar-refractivity contribution in [2.24, 2.45) is 0 Å². The Bertz CT molecular complexity index is 3550. The topological polar surface area (TPSA) is 25.9 Å². The molecule has 75 heavy (non-hydrogen) atoms. The molecule has 8 aromatic carbocycles. The van der Waals surface area contributed by atoms with E-state index in [0.717, 1.165) is 62.2 Å². The van der Waals surface area contributed by atoms with Gasteiger partial charge in [0.2, 0.25) is 0 Å². The highest BCUT2D eigenvalue weighted by molar-refractivity contribution is 6.03. The van der Waals surface area contributed by atoms with E-state index in [4.69, 9.17) is 4.98 Å². The third kappa shape index (κ3) is 9.39. The molecular weight excluding hydrogens is 911 g/mol. The van der Waals surface area contributed by atoms with E-state index in [1.54, 1.807) is 0 Å². The maximum Gasteiger partial charge on any atom is 0.138 e. The van der Waals surface area contributed by atoms with Crippen LogP contribution in [-0.2, 0) is 21.7 Å². The molecule has 3 heterocycles. The highest BCUT2D eigenvalue weighted by Crippen LogP contribution is 2.54. The van der Waals surface area contributed by atoms with Crippen LogP contribution in [0.15, 0.2) is 200 Å². The van der Waals surface area contributed by atoms with Crippen molar-refractivity contribution in [3.63, 3.8) is 0 Å². The van der Waals surface area contributed by atoms with Gasteiger partial charge >= 0.3 is 0 Å². The molecule has 0 atom stereocenters. The Labute approximate surface area is 446 Å². The van der Waals surface area contributed by atoms with E-state index >= 15 is 0 Å². The third-order valence-corrected chi connectivity index (χ3v) is 15.3. The Morgan fingerprint density at radius 1 is 0.347 bits per heavy atom. The zero-order valence-electron chi connectivity index (χ0n) is 46.0. The summed E-state index contributed by atoms with van der Waals surface area (Å²) in [5, 5.41) is 0. The summed E-state index contributed by atoms with van der Waals surface area (Å²) >= 11 is 0. The Balaban J connectivity index is 1.09. The molecule has 0 fully saturated rings. The minimum absolute atomic E-state index is 0.00907. The molecule has 376 valence electrons. The van der Waals surface area contributed by atoms with Crippen LogP contribution < -0.4 is 19.6 Å². The van der Waals surface area contributed by atoms with Gasteiger partial charge in [0.1, 0.15) is 12.5 Å². The quantitative estimate of drug-likeness (QED) is 0.159. The van der Waals surface area contributed by atoms with E-state index < -0.39 is 0 Å². The normalized spacial score (nSPS) is 13.5. The first-order valence-electron chi connectivity index (χ1n) is 26.7. The van der Waals surface area contributed by atoms with Crippen LogP contribution in [0.3, 0.4) is 0 Å². The van der Waals surface area contributed by atoms with Crippen LogP contribution in [0.1, 0.15) is 105 Å². The Kier molecular flexibility index (Phi) is 12.2. The van der Waals surface area contributed by atoms with Crippen molar-refractivity contribution in [1.29, 1.82) is 0 Å². The van der Waals surface area contributed by atoms with E-state index in [1.165, 1.54) is 50.4 Å². The molecule has 0 spiro atoms. The van der Waals surface area contributed by atoms with E-state index in [2.05, 4.69) is 297 Å². The molecular formula is C70H71N5. The summed E-state index contributed by atoms with van der Waals surface area (Å²) < 4.78 is 0. The lowest BCUT2D eigenvalue weighted by atomic mass is 9.80. The molecule has 2 aliphatic heterocycles. The number of para-hydroxylation sites is 4. The van der Waals surface area contributed by atoms with Gasteiger partial charge in [-0.15, -0.1) is 0 Å². The van der Waals surface area contributed by atoms with Crippen molar-refractivity contribution in [2.75, 3.05) is 26.3 Å². The maximum atomic E-state index is 5.22. The number of anilines is 10. The van der Waals surface area contributed by atoms with Crippen LogP contribution in [0.2, 0.25) is 0 Å². The van der Waals surface area contributed by atoms with Gasteiger partial charge in [-0.3, -0.25) is 4.90 Å². The SMILES string of the molecule is CC(C)(C)c1ccc(-c2ccnc(N3c4ccccc4-c4ccccc4-c4ccc(N(c5ccccc5)c5cc(N6CN(c7cc(C(C)(C)C)cc(C(C)(C)C)c7)c7ccccc76)cc(C(C)(C)C)c5)cc43)c2)cc1. The highest BCUT2D eigenvalue weighted by atomic mass is 15.4. The standard InChI is InChI=1S/C70H71N5/c1-67(2,3)49-32-30-47(31-33-49)48-36-37-71-66(38-48)75-62-27-19-18-26-60(62)58-24-16-17-25-59(58)61-35-34-54(45-65(61)75)74(53-22-14-13-15-23-53)57-43-52(70(10,11)12)42-56(44-57)73-46-72(63-28-20-21-29-64(63)73)55-40-50(68(4,5)6)39-51(41-55)69(7,8)9/h13-45H,46H2,1-12H3. The second-order valence-electron chi connectivity index (χ2n) is 24.7. The number of fused-ring (bicyclic) bond motifs is 6. The van der Waals surface area contributed by atoms with Crippen LogP contribution in [0.4, 0.5) is 57.0 Å². The van der Waals surface area contributed by atoms with Crippen molar-refractivity contribution in [3.05, 3.63) is 223 Å². The molecule has 0 amide bonds. The Hall–Kier alpha value is -7.89. The van der Waals surface area contributed by atoms with Crippen LogP contribution in [-0.4, -0.2) is 11.7 Å². The molecule has 0 saturated carbocycles. The average Bonchev–Trinajstić information content (AvgIpc) is 3.74. The second kappa shape index (κ2) is 18.5. The lowest BCUT2D eigenvalue weighted by molar-refractivity contribution is 0.568. The van der Waals surface area contributed by atoms with E-state index in [9.17, 15) is 0 Å². The summed E-state index contributed by atoms with van der Waals surface area (Å²) in [6.45, 7) is 28.4. The summed E-state index contributed by atoms with van der Waals surface area (Å²) in [6.07, 6.45) is 1.96. The summed E-state index contributed by atoms with van der Waals surface area (Å²) in [6, 6.07) is 72.3. The zero-order chi connectivity index (χ0) is 52.6. The van der Waals surface area contributed by atoms with Crippen LogP contribution in [0, 0.1) is 0 Å². The highest BCUT2D eigenvalue weighted by Gasteiger charge is 2.33. The van der Waals surface area contributed by atoms with Gasteiger partial charge in [0.05, 0.1) is 22.7 Å². The fraction of sp³-hybridized carbons (Fsp3) is 0.243. The predicted octanol–water partition coefficient (Wildman–Crippen LogP) is 19.8. The van der Waals surface area contributed by atoms with Crippen LogP contribution in [0.25, 0.3) is 33.4 Å². The van der Waals surface area contributed by atoms with Crippen molar-refractivity contribution in [2.45, 2.75) is 105 Å². The Morgan fingerprint density at radius 3 is 1.41 bits per heavy atom. The van der Waals surface area contributed by atoms with E-state index in [0.29, 0.717) is 6.67 Å². The number of rotatable bonds is 7. The van der Waals surface area contributed by atoms with Crippen molar-refractivity contribution in [1.82, 2.24) is 4.98 Å². The molecule has 0 saturated heterocycles.